The number of nitrogens with zero attached hydrogens (tertiary/aromatic N) is 1. The number of nitrogens with one attached hydrogen (secondary N) is 1. The Kier molecular flexibility index (Phi) is 4.21. The minimum Gasteiger partial charge on any atom is -0.368 e. The first kappa shape index (κ1) is 14.8. The molecule has 1 saturated carbocycles. The number of hydrogen-bond donors (Lipinski definition) is 2. The lowest BCUT2D eigenvalue weighted by molar-refractivity contribution is -0.127. The van der Waals surface area contributed by atoms with Crippen molar-refractivity contribution in [3.63, 3.8) is 0 Å². The molecule has 2 rings (SSSR count). The van der Waals surface area contributed by atoms with Crippen LogP contribution in [0.2, 0.25) is 0 Å². The van der Waals surface area contributed by atoms with Gasteiger partial charge in [0.15, 0.2) is 0 Å². The van der Waals surface area contributed by atoms with Crippen molar-refractivity contribution in [1.82, 2.24) is 10.2 Å². The van der Waals surface area contributed by atoms with Gasteiger partial charge in [0.1, 0.15) is 0 Å². The Morgan fingerprint density at radius 1 is 1.37 bits per heavy atom. The number of hydrogen-bond acceptors (Lipinski definition) is 3. The molecular weight excluding hydrogens is 238 g/mol. The monoisotopic (exact) mass is 267 g/mol. The molecule has 2 aliphatic rings. The molecule has 1 amide bonds. The summed E-state index contributed by atoms with van der Waals surface area (Å²) in [5, 5.41) is 3.38. The van der Waals surface area contributed by atoms with Crippen LogP contribution in [0.15, 0.2) is 0 Å². The number of likely N-dealkylation sites (tertiary alicyclic amines) is 1. The number of primary amides is 1. The lowest BCUT2D eigenvalue weighted by Crippen LogP contribution is -2.61. The minimum absolute atomic E-state index is 0.170. The molecule has 0 radical (unpaired) electrons. The van der Waals surface area contributed by atoms with Crippen LogP contribution in [0.4, 0.5) is 0 Å². The standard InChI is InChI=1S/C15H29N3O/c1-4-17-15(13(16)19)9-5-7-12(11-15)18-10-6-8-14(18,2)3/h12,17H,4-11H2,1-3H3,(H2,16,19). The van der Waals surface area contributed by atoms with E-state index >= 15 is 0 Å². The third-order valence-corrected chi connectivity index (χ3v) is 5.12. The maximum Gasteiger partial charge on any atom is 0.237 e. The Morgan fingerprint density at radius 3 is 2.63 bits per heavy atom. The van der Waals surface area contributed by atoms with Gasteiger partial charge in [-0.25, -0.2) is 0 Å². The molecule has 0 spiro atoms. The lowest BCUT2D eigenvalue weighted by Gasteiger charge is -2.46. The quantitative estimate of drug-likeness (QED) is 0.814. The molecule has 1 heterocycles. The van der Waals surface area contributed by atoms with Crippen molar-refractivity contribution in [3.8, 4) is 0 Å². The average molecular weight is 267 g/mol. The summed E-state index contributed by atoms with van der Waals surface area (Å²) in [7, 11) is 0. The molecule has 2 unspecified atom stereocenters. The molecule has 19 heavy (non-hydrogen) atoms. The lowest BCUT2D eigenvalue weighted by atomic mass is 9.77. The van der Waals surface area contributed by atoms with Gasteiger partial charge in [0.2, 0.25) is 5.91 Å². The Balaban J connectivity index is 2.13. The van der Waals surface area contributed by atoms with Crippen LogP contribution in [-0.2, 0) is 4.79 Å². The Bertz CT molecular complexity index is 338. The van der Waals surface area contributed by atoms with Crippen molar-refractivity contribution in [3.05, 3.63) is 0 Å². The highest BCUT2D eigenvalue weighted by molar-refractivity contribution is 5.84. The molecule has 1 aliphatic carbocycles. The molecule has 3 N–H and O–H groups in total. The van der Waals surface area contributed by atoms with Crippen LogP contribution in [0.3, 0.4) is 0 Å². The van der Waals surface area contributed by atoms with Crippen molar-refractivity contribution in [1.29, 1.82) is 0 Å². The van der Waals surface area contributed by atoms with Crippen LogP contribution >= 0.6 is 0 Å². The third kappa shape index (κ3) is 2.79. The molecule has 4 nitrogen and oxygen atoms in total. The Morgan fingerprint density at radius 2 is 2.11 bits per heavy atom. The van der Waals surface area contributed by atoms with Gasteiger partial charge in [-0.05, 0) is 65.5 Å². The van der Waals surface area contributed by atoms with Gasteiger partial charge < -0.3 is 11.1 Å². The predicted molar refractivity (Wildman–Crippen MR) is 77.9 cm³/mol. The van der Waals surface area contributed by atoms with Crippen molar-refractivity contribution >= 4 is 5.91 Å². The normalized spacial score (nSPS) is 35.4. The van der Waals surface area contributed by atoms with Crippen LogP contribution in [0.5, 0.6) is 0 Å². The molecule has 1 saturated heterocycles. The molecule has 0 aromatic carbocycles. The van der Waals surface area contributed by atoms with Crippen molar-refractivity contribution in [2.45, 2.75) is 76.4 Å². The van der Waals surface area contributed by atoms with E-state index in [1.54, 1.807) is 0 Å². The second-order valence-corrected chi connectivity index (χ2v) is 6.84. The van der Waals surface area contributed by atoms with Gasteiger partial charge in [-0.2, -0.15) is 0 Å². The van der Waals surface area contributed by atoms with E-state index in [0.29, 0.717) is 6.04 Å². The smallest absolute Gasteiger partial charge is 0.237 e. The summed E-state index contributed by atoms with van der Waals surface area (Å²) < 4.78 is 0. The molecule has 1 aliphatic heterocycles. The van der Waals surface area contributed by atoms with Crippen LogP contribution < -0.4 is 11.1 Å². The number of carbonyl (C=O) groups excluding carboxylic acids is 1. The number of rotatable bonds is 4. The highest BCUT2D eigenvalue weighted by atomic mass is 16.1. The SMILES string of the molecule is CCNC1(C(N)=O)CCCC(N2CCCC2(C)C)C1. The zero-order valence-corrected chi connectivity index (χ0v) is 12.7. The van der Waals surface area contributed by atoms with Gasteiger partial charge in [-0.15, -0.1) is 0 Å². The summed E-state index contributed by atoms with van der Waals surface area (Å²) in [4.78, 5) is 14.5. The molecule has 0 bridgehead atoms. The first-order chi connectivity index (χ1) is 8.91. The van der Waals surface area contributed by atoms with E-state index < -0.39 is 5.54 Å². The van der Waals surface area contributed by atoms with Gasteiger partial charge in [-0.1, -0.05) is 6.92 Å². The van der Waals surface area contributed by atoms with E-state index in [-0.39, 0.29) is 11.4 Å². The maximum absolute atomic E-state index is 11.9. The third-order valence-electron chi connectivity index (χ3n) is 5.12. The summed E-state index contributed by atoms with van der Waals surface area (Å²) in [6, 6.07) is 0.498. The van der Waals surface area contributed by atoms with Gasteiger partial charge in [-0.3, -0.25) is 9.69 Å². The van der Waals surface area contributed by atoms with E-state index in [1.807, 2.05) is 6.92 Å². The van der Waals surface area contributed by atoms with Crippen LogP contribution in [0, 0.1) is 0 Å². The van der Waals surface area contributed by atoms with Crippen LogP contribution in [0.25, 0.3) is 0 Å². The van der Waals surface area contributed by atoms with Gasteiger partial charge in [0.05, 0.1) is 5.54 Å². The summed E-state index contributed by atoms with van der Waals surface area (Å²) in [6.45, 7) is 8.67. The molecule has 4 heteroatoms. The van der Waals surface area contributed by atoms with Gasteiger partial charge in [0, 0.05) is 11.6 Å². The van der Waals surface area contributed by atoms with Crippen LogP contribution in [-0.4, -0.2) is 41.0 Å². The van der Waals surface area contributed by atoms with E-state index in [1.165, 1.54) is 25.8 Å². The predicted octanol–water partition coefficient (Wildman–Crippen LogP) is 1.64. The summed E-state index contributed by atoms with van der Waals surface area (Å²) in [5.41, 5.74) is 5.50. The maximum atomic E-state index is 11.9. The average Bonchev–Trinajstić information content (AvgIpc) is 2.69. The zero-order valence-electron chi connectivity index (χ0n) is 12.7. The van der Waals surface area contributed by atoms with E-state index in [0.717, 1.165) is 25.8 Å². The van der Waals surface area contributed by atoms with E-state index in [2.05, 4.69) is 24.1 Å². The van der Waals surface area contributed by atoms with Crippen molar-refractivity contribution < 1.29 is 4.79 Å². The van der Waals surface area contributed by atoms with E-state index in [9.17, 15) is 4.79 Å². The molecule has 0 aromatic rings. The highest BCUT2D eigenvalue weighted by Crippen LogP contribution is 2.38. The molecule has 0 aromatic heterocycles. The van der Waals surface area contributed by atoms with E-state index in [4.69, 9.17) is 5.73 Å². The van der Waals surface area contributed by atoms with Crippen molar-refractivity contribution in [2.24, 2.45) is 5.73 Å². The van der Waals surface area contributed by atoms with Crippen molar-refractivity contribution in [2.75, 3.05) is 13.1 Å². The molecule has 110 valence electrons. The Labute approximate surface area is 117 Å². The Hall–Kier alpha value is -0.610. The molecular formula is C15H29N3O. The molecule has 2 fully saturated rings. The second-order valence-electron chi connectivity index (χ2n) is 6.84. The summed E-state index contributed by atoms with van der Waals surface area (Å²) >= 11 is 0. The summed E-state index contributed by atoms with van der Waals surface area (Å²) in [6.07, 6.45) is 6.58. The topological polar surface area (TPSA) is 58.4 Å². The summed E-state index contributed by atoms with van der Waals surface area (Å²) in [5.74, 6) is -0.170. The number of likely N-dealkylation sites (N-methyl/N-ethyl adjacent to an activating group) is 1. The van der Waals surface area contributed by atoms with Gasteiger partial charge in [0.25, 0.3) is 0 Å². The number of carbonyl (C=O) groups is 1. The first-order valence-corrected chi connectivity index (χ1v) is 7.73. The zero-order chi connectivity index (χ0) is 14.1. The second kappa shape index (κ2) is 5.41. The minimum atomic E-state index is -0.476. The first-order valence-electron chi connectivity index (χ1n) is 7.73. The molecule has 2 atom stereocenters. The van der Waals surface area contributed by atoms with Gasteiger partial charge >= 0.3 is 0 Å². The number of nitrogens with two attached hydrogens (primary N) is 1. The number of amides is 1. The fourth-order valence-corrected chi connectivity index (χ4v) is 4.13. The van der Waals surface area contributed by atoms with Crippen LogP contribution in [0.1, 0.15) is 59.3 Å². The fraction of sp³-hybridized carbons (Fsp3) is 0.933. The fourth-order valence-electron chi connectivity index (χ4n) is 4.13. The largest absolute Gasteiger partial charge is 0.368 e. The highest BCUT2D eigenvalue weighted by Gasteiger charge is 2.45.